The van der Waals surface area contributed by atoms with Crippen LogP contribution in [0.1, 0.15) is 29.5 Å². The van der Waals surface area contributed by atoms with Crippen molar-refractivity contribution in [2.24, 2.45) is 0 Å². The predicted molar refractivity (Wildman–Crippen MR) is 123 cm³/mol. The van der Waals surface area contributed by atoms with Crippen LogP contribution in [0.2, 0.25) is 5.02 Å². The molecule has 2 aromatic heterocycles. The van der Waals surface area contributed by atoms with Gasteiger partial charge in [-0.3, -0.25) is 19.7 Å². The number of rotatable bonds is 7. The van der Waals surface area contributed by atoms with Crippen molar-refractivity contribution in [3.05, 3.63) is 91.7 Å². The molecule has 0 fully saturated rings. The second kappa shape index (κ2) is 9.21. The van der Waals surface area contributed by atoms with Gasteiger partial charge in [-0.05, 0) is 36.8 Å². The van der Waals surface area contributed by atoms with Gasteiger partial charge >= 0.3 is 0 Å². The molecule has 0 aliphatic carbocycles. The van der Waals surface area contributed by atoms with Crippen LogP contribution < -0.4 is 5.56 Å². The van der Waals surface area contributed by atoms with Crippen LogP contribution in [0.5, 0.6) is 0 Å². The molecule has 4 aromatic rings. The molecule has 0 bridgehead atoms. The zero-order valence-corrected chi connectivity index (χ0v) is 18.3. The van der Waals surface area contributed by atoms with Crippen LogP contribution in [0, 0.1) is 10.1 Å². The van der Waals surface area contributed by atoms with Gasteiger partial charge in [0.05, 0.1) is 39.8 Å². The Kier molecular flexibility index (Phi) is 6.18. The van der Waals surface area contributed by atoms with Gasteiger partial charge in [0.2, 0.25) is 0 Å². The Morgan fingerprint density at radius 1 is 1.24 bits per heavy atom. The molecule has 0 aliphatic heterocycles. The van der Waals surface area contributed by atoms with Gasteiger partial charge in [-0.15, -0.1) is 0 Å². The topological polar surface area (TPSA) is 127 Å². The number of carbonyl (C=O) groups is 1. The second-order valence-electron chi connectivity index (χ2n) is 7.35. The van der Waals surface area contributed by atoms with E-state index in [1.165, 1.54) is 23.0 Å². The maximum absolute atomic E-state index is 13.2. The molecule has 0 aliphatic rings. The van der Waals surface area contributed by atoms with E-state index in [0.29, 0.717) is 46.0 Å². The zero-order valence-electron chi connectivity index (χ0n) is 17.6. The zero-order chi connectivity index (χ0) is 23.5. The molecule has 4 rings (SSSR count). The number of hydrogen-bond donors (Lipinski definition) is 1. The minimum absolute atomic E-state index is 0.0329. The first-order valence-electron chi connectivity index (χ1n) is 10.1. The van der Waals surface area contributed by atoms with Gasteiger partial charge in [-0.2, -0.15) is 5.10 Å². The van der Waals surface area contributed by atoms with E-state index in [2.05, 4.69) is 15.1 Å². The van der Waals surface area contributed by atoms with Crippen molar-refractivity contribution >= 4 is 34.1 Å². The Morgan fingerprint density at radius 3 is 2.70 bits per heavy atom. The number of nitro groups is 1. The average Bonchev–Trinajstić information content (AvgIpc) is 3.28. The van der Waals surface area contributed by atoms with Crippen LogP contribution in [-0.2, 0) is 6.54 Å². The smallest absolute Gasteiger partial charge is 0.269 e. The van der Waals surface area contributed by atoms with E-state index < -0.39 is 4.92 Å². The maximum Gasteiger partial charge on any atom is 0.269 e. The van der Waals surface area contributed by atoms with E-state index in [4.69, 9.17) is 11.6 Å². The quantitative estimate of drug-likeness (QED) is 0.326. The number of aromatic nitrogens is 4. The van der Waals surface area contributed by atoms with Gasteiger partial charge in [-0.1, -0.05) is 18.5 Å². The Labute approximate surface area is 192 Å². The van der Waals surface area contributed by atoms with Crippen LogP contribution in [0.4, 0.5) is 5.69 Å². The first kappa shape index (κ1) is 22.2. The molecule has 1 N–H and O–H groups in total. The number of nitro benzene ring substituents is 1. The number of fused-ring (bicyclic) bond motifs is 1. The summed E-state index contributed by atoms with van der Waals surface area (Å²) in [6, 6.07) is 10.7. The molecule has 0 spiro atoms. The van der Waals surface area contributed by atoms with Gasteiger partial charge in [-0.25, -0.2) is 9.67 Å². The Balaban J connectivity index is 1.58. The van der Waals surface area contributed by atoms with E-state index in [9.17, 15) is 19.7 Å². The van der Waals surface area contributed by atoms with Crippen LogP contribution in [-0.4, -0.2) is 42.0 Å². The number of halogens is 1. The molecule has 33 heavy (non-hydrogen) atoms. The molecule has 0 unspecified atom stereocenters. The van der Waals surface area contributed by atoms with Gasteiger partial charge in [0.25, 0.3) is 17.2 Å². The number of nitrogens with zero attached hydrogens (tertiary/aromatic N) is 5. The number of nitrogens with one attached hydrogen (secondary N) is 1. The van der Waals surface area contributed by atoms with Crippen LogP contribution in [0.3, 0.4) is 0 Å². The lowest BCUT2D eigenvalue weighted by Crippen LogP contribution is -2.32. The summed E-state index contributed by atoms with van der Waals surface area (Å²) >= 11 is 6.03. The number of benzene rings is 2. The number of carbonyl (C=O) groups excluding carboxylic acids is 1. The molecule has 0 radical (unpaired) electrons. The highest BCUT2D eigenvalue weighted by atomic mass is 35.5. The van der Waals surface area contributed by atoms with Gasteiger partial charge in [0.1, 0.15) is 5.82 Å². The Morgan fingerprint density at radius 2 is 2.00 bits per heavy atom. The lowest BCUT2D eigenvalue weighted by molar-refractivity contribution is -0.384. The van der Waals surface area contributed by atoms with Crippen molar-refractivity contribution in [1.82, 2.24) is 24.6 Å². The molecule has 2 aromatic carbocycles. The molecular weight excluding hydrogens is 448 g/mol. The van der Waals surface area contributed by atoms with Crippen molar-refractivity contribution in [1.29, 1.82) is 0 Å². The minimum atomic E-state index is -0.483. The first-order valence-corrected chi connectivity index (χ1v) is 10.5. The Hall–Kier alpha value is -4.05. The molecule has 11 heteroatoms. The van der Waals surface area contributed by atoms with E-state index in [-0.39, 0.29) is 23.7 Å². The number of amides is 1. The van der Waals surface area contributed by atoms with E-state index in [0.717, 1.165) is 0 Å². The van der Waals surface area contributed by atoms with E-state index >= 15 is 0 Å². The van der Waals surface area contributed by atoms with Crippen LogP contribution in [0.15, 0.2) is 59.7 Å². The monoisotopic (exact) mass is 466 g/mol. The van der Waals surface area contributed by atoms with Crippen LogP contribution in [0.25, 0.3) is 16.6 Å². The van der Waals surface area contributed by atoms with Crippen molar-refractivity contribution in [2.45, 2.75) is 19.9 Å². The molecule has 0 saturated carbocycles. The van der Waals surface area contributed by atoms with E-state index in [1.54, 1.807) is 41.4 Å². The highest BCUT2D eigenvalue weighted by Crippen LogP contribution is 2.17. The standard InChI is InChI=1S/C22H19ClN6O4/c1-2-9-27(13-20-25-19-10-15(23)3-8-18(19)21(30)26-20)22(31)14-11-24-28(12-14)16-4-6-17(7-5-16)29(32)33/h3-8,10-12H,2,9,13H2,1H3,(H,25,26,30). The summed E-state index contributed by atoms with van der Waals surface area (Å²) in [5.74, 6) is 0.0678. The third-order valence-electron chi connectivity index (χ3n) is 4.99. The second-order valence-corrected chi connectivity index (χ2v) is 7.78. The van der Waals surface area contributed by atoms with Crippen LogP contribution >= 0.6 is 11.6 Å². The van der Waals surface area contributed by atoms with Gasteiger partial charge in [0, 0.05) is 29.9 Å². The minimum Gasteiger partial charge on any atom is -0.331 e. The lowest BCUT2D eigenvalue weighted by Gasteiger charge is -2.21. The normalized spacial score (nSPS) is 11.0. The van der Waals surface area contributed by atoms with E-state index in [1.807, 2.05) is 6.92 Å². The average molecular weight is 467 g/mol. The Bertz CT molecular complexity index is 1400. The predicted octanol–water partition coefficient (Wildman–Crippen LogP) is 3.72. The highest BCUT2D eigenvalue weighted by molar-refractivity contribution is 6.31. The van der Waals surface area contributed by atoms with Crippen molar-refractivity contribution in [3.63, 3.8) is 0 Å². The molecule has 1 amide bonds. The number of aromatic amines is 1. The molecule has 168 valence electrons. The SMILES string of the molecule is CCCN(Cc1nc2cc(Cl)ccc2c(=O)[nH]1)C(=O)c1cnn(-c2ccc([N+](=O)[O-])cc2)c1. The molecule has 0 atom stereocenters. The largest absolute Gasteiger partial charge is 0.331 e. The summed E-state index contributed by atoms with van der Waals surface area (Å²) < 4.78 is 1.47. The first-order chi connectivity index (χ1) is 15.9. The summed E-state index contributed by atoms with van der Waals surface area (Å²) in [6.45, 7) is 2.49. The molecular formula is C22H19ClN6O4. The maximum atomic E-state index is 13.2. The van der Waals surface area contributed by atoms with Gasteiger partial charge < -0.3 is 9.88 Å². The summed E-state index contributed by atoms with van der Waals surface area (Å²) in [5.41, 5.74) is 1.04. The highest BCUT2D eigenvalue weighted by Gasteiger charge is 2.19. The number of hydrogen-bond acceptors (Lipinski definition) is 6. The van der Waals surface area contributed by atoms with Crippen molar-refractivity contribution in [3.8, 4) is 5.69 Å². The van der Waals surface area contributed by atoms with Crippen molar-refractivity contribution in [2.75, 3.05) is 6.54 Å². The summed E-state index contributed by atoms with van der Waals surface area (Å²) in [6.07, 6.45) is 3.69. The van der Waals surface area contributed by atoms with Gasteiger partial charge in [0.15, 0.2) is 0 Å². The third kappa shape index (κ3) is 4.75. The fourth-order valence-electron chi connectivity index (χ4n) is 3.42. The summed E-state index contributed by atoms with van der Waals surface area (Å²) in [5, 5.41) is 15.9. The number of H-pyrrole nitrogens is 1. The lowest BCUT2D eigenvalue weighted by atomic mass is 10.2. The fraction of sp³-hybridized carbons (Fsp3) is 0.182. The third-order valence-corrected chi connectivity index (χ3v) is 5.23. The summed E-state index contributed by atoms with van der Waals surface area (Å²) in [4.78, 5) is 44.7. The molecule has 0 saturated heterocycles. The number of non-ortho nitro benzene ring substituents is 1. The fourth-order valence-corrected chi connectivity index (χ4v) is 3.59. The molecule has 10 nitrogen and oxygen atoms in total. The molecule has 2 heterocycles. The summed E-state index contributed by atoms with van der Waals surface area (Å²) in [7, 11) is 0. The van der Waals surface area contributed by atoms with Crippen molar-refractivity contribution < 1.29 is 9.72 Å².